The molecule has 1 aliphatic rings. The number of aliphatic hydroxyl groups excluding tert-OH is 1. The molecule has 1 fully saturated rings. The van der Waals surface area contributed by atoms with Gasteiger partial charge in [0.1, 0.15) is 0 Å². The average Bonchev–Trinajstić information content (AvgIpc) is 3.44. The first-order valence-corrected chi connectivity index (χ1v) is 11.4. The summed E-state index contributed by atoms with van der Waals surface area (Å²) in [5.74, 6) is -0.0912. The Balaban J connectivity index is 1.82. The Morgan fingerprint density at radius 3 is 2.11 bits per heavy atom. The predicted octanol–water partition coefficient (Wildman–Crippen LogP) is 5.29. The number of aliphatic hydroxyl groups is 1. The van der Waals surface area contributed by atoms with Crippen molar-refractivity contribution in [2.24, 2.45) is 0 Å². The van der Waals surface area contributed by atoms with E-state index in [0.29, 0.717) is 0 Å². The lowest BCUT2D eigenvalue weighted by atomic mass is 10.1. The number of amides is 1. The highest BCUT2D eigenvalue weighted by Gasteiger charge is 2.44. The molecule has 0 unspecified atom stereocenters. The number of unbranched alkanes of at least 4 members (excludes halogenated alkanes) is 11. The monoisotopic (exact) mass is 381 g/mol. The molecule has 3 atom stereocenters. The molecular formula is C23H43NO3. The van der Waals surface area contributed by atoms with Gasteiger partial charge in [-0.15, -0.1) is 0 Å². The van der Waals surface area contributed by atoms with E-state index in [-0.39, 0.29) is 30.8 Å². The maximum atomic E-state index is 11.8. The van der Waals surface area contributed by atoms with Gasteiger partial charge in [0.2, 0.25) is 0 Å². The lowest BCUT2D eigenvalue weighted by molar-refractivity contribution is -0.123. The van der Waals surface area contributed by atoms with E-state index in [0.717, 1.165) is 12.8 Å². The molecule has 1 amide bonds. The summed E-state index contributed by atoms with van der Waals surface area (Å²) in [6, 6.07) is -0.201. The number of hydrogen-bond donors (Lipinski definition) is 2. The van der Waals surface area contributed by atoms with E-state index < -0.39 is 0 Å². The Bertz CT molecular complexity index is 397. The SMILES string of the molecule is CCCCCCCCCCCCC/C=C/CC[C@@H]1O[C@H]1C(=O)N[C@H](C)CO. The minimum Gasteiger partial charge on any atom is -0.394 e. The highest BCUT2D eigenvalue weighted by Crippen LogP contribution is 2.27. The van der Waals surface area contributed by atoms with Crippen LogP contribution >= 0.6 is 0 Å². The molecule has 4 heteroatoms. The fraction of sp³-hybridized carbons (Fsp3) is 0.870. The molecule has 1 aliphatic heterocycles. The van der Waals surface area contributed by atoms with Gasteiger partial charge in [-0.2, -0.15) is 0 Å². The highest BCUT2D eigenvalue weighted by molar-refractivity contribution is 5.83. The van der Waals surface area contributed by atoms with Crippen molar-refractivity contribution in [3.05, 3.63) is 12.2 Å². The van der Waals surface area contributed by atoms with E-state index in [1.54, 1.807) is 6.92 Å². The number of nitrogens with one attached hydrogen (secondary N) is 1. The van der Waals surface area contributed by atoms with Crippen molar-refractivity contribution < 1.29 is 14.6 Å². The van der Waals surface area contributed by atoms with Gasteiger partial charge in [0.15, 0.2) is 6.10 Å². The Morgan fingerprint density at radius 1 is 0.963 bits per heavy atom. The van der Waals surface area contributed by atoms with Crippen LogP contribution in [-0.2, 0) is 9.53 Å². The van der Waals surface area contributed by atoms with Crippen LogP contribution in [0, 0.1) is 0 Å². The van der Waals surface area contributed by atoms with E-state index in [2.05, 4.69) is 24.4 Å². The number of carbonyl (C=O) groups is 1. The number of epoxide rings is 1. The third-order valence-electron chi connectivity index (χ3n) is 5.26. The average molecular weight is 382 g/mol. The van der Waals surface area contributed by atoms with E-state index in [9.17, 15) is 4.79 Å². The molecule has 1 rings (SSSR count). The quantitative estimate of drug-likeness (QED) is 0.193. The Morgan fingerprint density at radius 2 is 1.52 bits per heavy atom. The molecule has 0 spiro atoms. The topological polar surface area (TPSA) is 61.9 Å². The second-order valence-electron chi connectivity index (χ2n) is 8.06. The summed E-state index contributed by atoms with van der Waals surface area (Å²) in [6.07, 6.45) is 22.6. The van der Waals surface area contributed by atoms with Crippen molar-refractivity contribution in [2.45, 2.75) is 122 Å². The minimum atomic E-state index is -0.306. The van der Waals surface area contributed by atoms with Crippen LogP contribution in [0.2, 0.25) is 0 Å². The molecule has 0 saturated carbocycles. The zero-order chi connectivity index (χ0) is 19.7. The van der Waals surface area contributed by atoms with E-state index in [1.165, 1.54) is 77.0 Å². The fourth-order valence-electron chi connectivity index (χ4n) is 3.39. The number of allylic oxidation sites excluding steroid dienone is 2. The van der Waals surface area contributed by atoms with Crippen LogP contribution in [0.15, 0.2) is 12.2 Å². The highest BCUT2D eigenvalue weighted by atomic mass is 16.6. The smallest absolute Gasteiger partial charge is 0.252 e. The normalized spacial score (nSPS) is 20.1. The lowest BCUT2D eigenvalue weighted by Gasteiger charge is -2.08. The molecule has 158 valence electrons. The summed E-state index contributed by atoms with van der Waals surface area (Å²) in [5, 5.41) is 11.7. The van der Waals surface area contributed by atoms with Crippen LogP contribution in [-0.4, -0.2) is 35.9 Å². The van der Waals surface area contributed by atoms with Crippen molar-refractivity contribution in [3.8, 4) is 0 Å². The maximum Gasteiger partial charge on any atom is 0.252 e. The first-order valence-electron chi connectivity index (χ1n) is 11.4. The molecular weight excluding hydrogens is 338 g/mol. The van der Waals surface area contributed by atoms with Crippen LogP contribution in [0.5, 0.6) is 0 Å². The predicted molar refractivity (Wildman–Crippen MR) is 113 cm³/mol. The van der Waals surface area contributed by atoms with Crippen LogP contribution in [0.1, 0.15) is 104 Å². The van der Waals surface area contributed by atoms with Crippen molar-refractivity contribution in [1.29, 1.82) is 0 Å². The van der Waals surface area contributed by atoms with Gasteiger partial charge in [0, 0.05) is 6.04 Å². The second-order valence-corrected chi connectivity index (χ2v) is 8.06. The van der Waals surface area contributed by atoms with Gasteiger partial charge in [0.25, 0.3) is 5.91 Å². The fourth-order valence-corrected chi connectivity index (χ4v) is 3.39. The Labute approximate surface area is 167 Å². The van der Waals surface area contributed by atoms with Gasteiger partial charge >= 0.3 is 0 Å². The summed E-state index contributed by atoms with van der Waals surface area (Å²) < 4.78 is 5.42. The summed E-state index contributed by atoms with van der Waals surface area (Å²) in [5.41, 5.74) is 0. The molecule has 0 radical (unpaired) electrons. The third kappa shape index (κ3) is 13.0. The molecule has 0 aromatic carbocycles. The number of carbonyl (C=O) groups excluding carboxylic acids is 1. The zero-order valence-corrected chi connectivity index (χ0v) is 17.8. The van der Waals surface area contributed by atoms with Crippen LogP contribution < -0.4 is 5.32 Å². The van der Waals surface area contributed by atoms with Crippen molar-refractivity contribution in [3.63, 3.8) is 0 Å². The van der Waals surface area contributed by atoms with Gasteiger partial charge in [-0.05, 0) is 32.6 Å². The maximum absolute atomic E-state index is 11.8. The van der Waals surface area contributed by atoms with Crippen LogP contribution in [0.25, 0.3) is 0 Å². The molecule has 0 aromatic rings. The summed E-state index contributed by atoms with van der Waals surface area (Å²) in [7, 11) is 0. The van der Waals surface area contributed by atoms with Gasteiger partial charge in [-0.1, -0.05) is 83.3 Å². The molecule has 4 nitrogen and oxygen atoms in total. The number of hydrogen-bond acceptors (Lipinski definition) is 3. The number of ether oxygens (including phenoxy) is 1. The molecule has 2 N–H and O–H groups in total. The first-order chi connectivity index (χ1) is 13.2. The summed E-state index contributed by atoms with van der Waals surface area (Å²) >= 11 is 0. The second kappa shape index (κ2) is 16.1. The van der Waals surface area contributed by atoms with Gasteiger partial charge in [0.05, 0.1) is 12.7 Å². The van der Waals surface area contributed by atoms with Gasteiger partial charge < -0.3 is 15.2 Å². The standard InChI is InChI=1S/C23H43NO3/c1-3-4-5-6-7-8-9-10-11-12-13-14-15-16-17-18-21-22(27-21)23(26)24-20(2)19-25/h15-16,20-22,25H,3-14,17-19H2,1-2H3,(H,24,26)/b16-15+/t20-,21+,22-/m1/s1. The third-order valence-corrected chi connectivity index (χ3v) is 5.26. The van der Waals surface area contributed by atoms with Crippen molar-refractivity contribution >= 4 is 5.91 Å². The summed E-state index contributed by atoms with van der Waals surface area (Å²) in [4.78, 5) is 11.8. The summed E-state index contributed by atoms with van der Waals surface area (Å²) in [6.45, 7) is 4.02. The van der Waals surface area contributed by atoms with Crippen molar-refractivity contribution in [2.75, 3.05) is 6.61 Å². The minimum absolute atomic E-state index is 0.0368. The zero-order valence-electron chi connectivity index (χ0n) is 17.8. The molecule has 27 heavy (non-hydrogen) atoms. The lowest BCUT2D eigenvalue weighted by Crippen LogP contribution is -2.38. The first kappa shape index (κ1) is 24.2. The van der Waals surface area contributed by atoms with E-state index in [4.69, 9.17) is 9.84 Å². The van der Waals surface area contributed by atoms with Crippen molar-refractivity contribution in [1.82, 2.24) is 5.32 Å². The molecule has 0 aliphatic carbocycles. The molecule has 1 heterocycles. The van der Waals surface area contributed by atoms with Crippen LogP contribution in [0.4, 0.5) is 0 Å². The molecule has 0 bridgehead atoms. The van der Waals surface area contributed by atoms with Gasteiger partial charge in [-0.25, -0.2) is 0 Å². The van der Waals surface area contributed by atoms with E-state index in [1.807, 2.05) is 0 Å². The van der Waals surface area contributed by atoms with Gasteiger partial charge in [-0.3, -0.25) is 4.79 Å². The Hall–Kier alpha value is -0.870. The number of rotatable bonds is 18. The molecule has 0 aromatic heterocycles. The largest absolute Gasteiger partial charge is 0.394 e. The molecule has 1 saturated heterocycles. The van der Waals surface area contributed by atoms with E-state index >= 15 is 0 Å². The Kier molecular flexibility index (Phi) is 14.4. The van der Waals surface area contributed by atoms with Crippen LogP contribution in [0.3, 0.4) is 0 Å².